The van der Waals surface area contributed by atoms with Crippen LogP contribution in [0.25, 0.3) is 0 Å². The average Bonchev–Trinajstić information content (AvgIpc) is 3.12. The van der Waals surface area contributed by atoms with Gasteiger partial charge >= 0.3 is 18.2 Å². The number of likely N-dealkylation sites (N-methyl/N-ethyl adjacent to an activating group) is 1. The number of benzene rings is 3. The standard InChI is InChI=1S/C38H48F3N5O7/c1-24-21-46(25(2)23-47)35(48)32-20-30(43-36(49)42-28-11-9-27(10-12-28)38(39,40)41)15-18-33(32)53-26(3)8-6-7-19-52-34(24)22-45(4)37(50)44-29-13-16-31(51-5)17-14-29/h9-18,20,24-26,34,47H,6-8,19,21-23H2,1-5H3,(H,44,50)(H2,42,43,49)/t24-,25+,26+,34+/m0/s1. The zero-order valence-corrected chi connectivity index (χ0v) is 30.5. The Morgan fingerprint density at radius 2 is 1.60 bits per heavy atom. The predicted octanol–water partition coefficient (Wildman–Crippen LogP) is 7.32. The molecule has 1 aliphatic rings. The molecule has 0 saturated carbocycles. The minimum atomic E-state index is -4.51. The van der Waals surface area contributed by atoms with Crippen molar-refractivity contribution < 1.29 is 46.9 Å². The van der Waals surface area contributed by atoms with E-state index in [2.05, 4.69) is 16.0 Å². The van der Waals surface area contributed by atoms with Crippen molar-refractivity contribution in [2.45, 2.75) is 64.5 Å². The van der Waals surface area contributed by atoms with Crippen molar-refractivity contribution in [1.82, 2.24) is 9.80 Å². The maximum atomic E-state index is 14.4. The van der Waals surface area contributed by atoms with Crippen molar-refractivity contribution in [1.29, 1.82) is 0 Å². The molecule has 15 heteroatoms. The molecule has 3 aromatic carbocycles. The molecule has 0 unspecified atom stereocenters. The van der Waals surface area contributed by atoms with Crippen molar-refractivity contribution in [3.63, 3.8) is 0 Å². The normalized spacial score (nSPS) is 19.2. The summed E-state index contributed by atoms with van der Waals surface area (Å²) in [5, 5.41) is 18.2. The van der Waals surface area contributed by atoms with E-state index in [-0.39, 0.29) is 54.7 Å². The van der Waals surface area contributed by atoms with Crippen molar-refractivity contribution in [3.8, 4) is 11.5 Å². The highest BCUT2D eigenvalue weighted by Gasteiger charge is 2.32. The van der Waals surface area contributed by atoms with Gasteiger partial charge in [0.2, 0.25) is 0 Å². The number of hydrogen-bond donors (Lipinski definition) is 4. The summed E-state index contributed by atoms with van der Waals surface area (Å²) in [6.07, 6.45) is -3.10. The predicted molar refractivity (Wildman–Crippen MR) is 196 cm³/mol. The van der Waals surface area contributed by atoms with Crippen LogP contribution < -0.4 is 25.4 Å². The number of methoxy groups -OCH3 is 1. The van der Waals surface area contributed by atoms with E-state index in [1.165, 1.54) is 15.9 Å². The van der Waals surface area contributed by atoms with Crippen molar-refractivity contribution in [2.24, 2.45) is 5.92 Å². The fourth-order valence-electron chi connectivity index (χ4n) is 5.74. The molecule has 1 aliphatic heterocycles. The third-order valence-corrected chi connectivity index (χ3v) is 8.92. The summed E-state index contributed by atoms with van der Waals surface area (Å²) in [7, 11) is 3.22. The fourth-order valence-corrected chi connectivity index (χ4v) is 5.74. The molecule has 4 N–H and O–H groups in total. The number of nitrogens with zero attached hydrogens (tertiary/aromatic N) is 2. The van der Waals surface area contributed by atoms with Crippen LogP contribution in [-0.2, 0) is 10.9 Å². The number of aliphatic hydroxyl groups is 1. The molecule has 12 nitrogen and oxygen atoms in total. The molecule has 0 aliphatic carbocycles. The minimum Gasteiger partial charge on any atom is -0.497 e. The fraction of sp³-hybridized carbons (Fsp3) is 0.447. The lowest BCUT2D eigenvalue weighted by Gasteiger charge is -2.35. The van der Waals surface area contributed by atoms with E-state index >= 15 is 0 Å². The van der Waals surface area contributed by atoms with Crippen LogP contribution in [0.3, 0.4) is 0 Å². The van der Waals surface area contributed by atoms with Crippen LogP contribution in [-0.4, -0.2) is 91.6 Å². The number of alkyl halides is 3. The second-order valence-electron chi connectivity index (χ2n) is 13.2. The van der Waals surface area contributed by atoms with Crippen LogP contribution >= 0.6 is 0 Å². The molecule has 0 spiro atoms. The van der Waals surface area contributed by atoms with Gasteiger partial charge in [0.15, 0.2) is 0 Å². The van der Waals surface area contributed by atoms with Crippen LogP contribution in [0.15, 0.2) is 66.7 Å². The molecule has 1 heterocycles. The summed E-state index contributed by atoms with van der Waals surface area (Å²) < 4.78 is 56.7. The molecule has 5 amide bonds. The summed E-state index contributed by atoms with van der Waals surface area (Å²) in [5.41, 5.74) is 0.256. The van der Waals surface area contributed by atoms with Gasteiger partial charge in [0.1, 0.15) is 11.5 Å². The number of amides is 5. The first-order chi connectivity index (χ1) is 25.2. The summed E-state index contributed by atoms with van der Waals surface area (Å²) in [5.74, 6) is 0.187. The Hall–Kier alpha value is -5.02. The van der Waals surface area contributed by atoms with Crippen molar-refractivity contribution in [2.75, 3.05) is 56.4 Å². The van der Waals surface area contributed by atoms with Crippen molar-refractivity contribution >= 4 is 35.0 Å². The number of urea groups is 2. The SMILES string of the molecule is COc1ccc(NC(=O)N(C)C[C@H]2OCCCC[C@@H](C)Oc3ccc(NC(=O)Nc4ccc(C(F)(F)F)cc4)cc3C(=O)N([C@H](C)CO)C[C@@H]2C)cc1. The Bertz CT molecular complexity index is 1670. The maximum absolute atomic E-state index is 14.4. The quantitative estimate of drug-likeness (QED) is 0.190. The van der Waals surface area contributed by atoms with E-state index in [1.807, 2.05) is 13.8 Å². The first-order valence-corrected chi connectivity index (χ1v) is 17.4. The highest BCUT2D eigenvalue weighted by molar-refractivity contribution is 6.02. The number of halogens is 3. The van der Waals surface area contributed by atoms with Gasteiger partial charge in [-0.3, -0.25) is 4.79 Å². The Morgan fingerprint density at radius 1 is 0.981 bits per heavy atom. The number of rotatable bonds is 8. The van der Waals surface area contributed by atoms with Gasteiger partial charge in [-0.1, -0.05) is 6.92 Å². The lowest BCUT2D eigenvalue weighted by Crippen LogP contribution is -2.48. The third-order valence-electron chi connectivity index (χ3n) is 8.92. The van der Waals surface area contributed by atoms with Crippen LogP contribution in [0, 0.1) is 5.92 Å². The number of ether oxygens (including phenoxy) is 3. The molecule has 0 bridgehead atoms. The number of carbonyl (C=O) groups excluding carboxylic acids is 3. The largest absolute Gasteiger partial charge is 0.497 e. The Labute approximate surface area is 307 Å². The van der Waals surface area contributed by atoms with Gasteiger partial charge < -0.3 is 45.1 Å². The molecule has 0 aromatic heterocycles. The molecule has 4 atom stereocenters. The van der Waals surface area contributed by atoms with Gasteiger partial charge in [0.05, 0.1) is 43.1 Å². The number of hydrogen-bond acceptors (Lipinski definition) is 7. The van der Waals surface area contributed by atoms with Gasteiger partial charge in [0.25, 0.3) is 5.91 Å². The van der Waals surface area contributed by atoms with Crippen LogP contribution in [0.1, 0.15) is 56.0 Å². The first-order valence-electron chi connectivity index (χ1n) is 17.4. The van der Waals surface area contributed by atoms with E-state index < -0.39 is 35.8 Å². The van der Waals surface area contributed by atoms with E-state index in [1.54, 1.807) is 57.5 Å². The molecular formula is C38H48F3N5O7. The van der Waals surface area contributed by atoms with Gasteiger partial charge in [-0.25, -0.2) is 9.59 Å². The van der Waals surface area contributed by atoms with Gasteiger partial charge in [-0.15, -0.1) is 0 Å². The number of anilines is 3. The van der Waals surface area contributed by atoms with Gasteiger partial charge in [0, 0.05) is 49.7 Å². The second kappa shape index (κ2) is 18.6. The molecular weight excluding hydrogens is 695 g/mol. The summed E-state index contributed by atoms with van der Waals surface area (Å²) in [6, 6.07) is 13.9. The van der Waals surface area contributed by atoms with Crippen LogP contribution in [0.4, 0.5) is 39.8 Å². The molecule has 0 fully saturated rings. The van der Waals surface area contributed by atoms with Crippen LogP contribution in [0.2, 0.25) is 0 Å². The number of nitrogens with one attached hydrogen (secondary N) is 3. The highest BCUT2D eigenvalue weighted by Crippen LogP contribution is 2.31. The van der Waals surface area contributed by atoms with E-state index in [0.717, 1.165) is 37.1 Å². The van der Waals surface area contributed by atoms with Gasteiger partial charge in [-0.2, -0.15) is 13.2 Å². The minimum absolute atomic E-state index is 0.139. The molecule has 0 radical (unpaired) electrons. The summed E-state index contributed by atoms with van der Waals surface area (Å²) >= 11 is 0. The number of fused-ring (bicyclic) bond motifs is 1. The average molecular weight is 744 g/mol. The number of aliphatic hydroxyl groups excluding tert-OH is 1. The first kappa shape index (κ1) is 40.7. The summed E-state index contributed by atoms with van der Waals surface area (Å²) in [6.45, 7) is 5.98. The zero-order valence-electron chi connectivity index (χ0n) is 30.5. The van der Waals surface area contributed by atoms with Crippen LogP contribution in [0.5, 0.6) is 11.5 Å². The Balaban J connectivity index is 1.55. The molecule has 0 saturated heterocycles. The molecule has 53 heavy (non-hydrogen) atoms. The molecule has 3 aromatic rings. The topological polar surface area (TPSA) is 142 Å². The lowest BCUT2D eigenvalue weighted by atomic mass is 10.0. The zero-order chi connectivity index (χ0) is 38.7. The lowest BCUT2D eigenvalue weighted by molar-refractivity contribution is -0.137. The maximum Gasteiger partial charge on any atom is 0.416 e. The Morgan fingerprint density at radius 3 is 2.25 bits per heavy atom. The highest BCUT2D eigenvalue weighted by atomic mass is 19.4. The van der Waals surface area contributed by atoms with E-state index in [4.69, 9.17) is 14.2 Å². The monoisotopic (exact) mass is 743 g/mol. The molecule has 4 rings (SSSR count). The van der Waals surface area contributed by atoms with E-state index in [0.29, 0.717) is 30.2 Å². The third kappa shape index (κ3) is 11.7. The second-order valence-corrected chi connectivity index (χ2v) is 13.2. The molecule has 288 valence electrons. The summed E-state index contributed by atoms with van der Waals surface area (Å²) in [4.78, 5) is 43.4. The van der Waals surface area contributed by atoms with Gasteiger partial charge in [-0.05, 0) is 99.8 Å². The van der Waals surface area contributed by atoms with Crippen molar-refractivity contribution in [3.05, 3.63) is 77.9 Å². The Kier molecular flexibility index (Phi) is 14.3. The smallest absolute Gasteiger partial charge is 0.416 e. The van der Waals surface area contributed by atoms with E-state index in [9.17, 15) is 32.7 Å². The number of carbonyl (C=O) groups is 3.